The molecule has 1 heterocycles. The number of rotatable bonds is 1. The number of nitrogens with one attached hydrogen (secondary N) is 1. The number of benzene rings is 1. The highest BCUT2D eigenvalue weighted by molar-refractivity contribution is 6.32. The van der Waals surface area contributed by atoms with Crippen molar-refractivity contribution in [2.45, 2.75) is 6.42 Å². The Balaban J connectivity index is 2.47. The number of anilines is 1. The second-order valence-corrected chi connectivity index (χ2v) is 3.95. The molecule has 1 aliphatic rings. The van der Waals surface area contributed by atoms with Gasteiger partial charge in [0.05, 0.1) is 5.02 Å². The molecular formula is C11H12ClFN2. The molecule has 0 atom stereocenters. The maximum atomic E-state index is 13.7. The van der Waals surface area contributed by atoms with Crippen LogP contribution in [0.15, 0.2) is 18.2 Å². The largest absolute Gasteiger partial charge is 0.399 e. The first-order chi connectivity index (χ1) is 7.18. The Bertz CT molecular complexity index is 392. The van der Waals surface area contributed by atoms with E-state index in [2.05, 4.69) is 5.32 Å². The zero-order chi connectivity index (χ0) is 10.8. The number of halogens is 2. The molecule has 4 heteroatoms. The first kappa shape index (κ1) is 10.5. The Morgan fingerprint density at radius 3 is 2.80 bits per heavy atom. The molecule has 0 amide bonds. The zero-order valence-corrected chi connectivity index (χ0v) is 8.94. The van der Waals surface area contributed by atoms with E-state index < -0.39 is 0 Å². The smallest absolute Gasteiger partial charge is 0.134 e. The molecule has 0 unspecified atom stereocenters. The van der Waals surface area contributed by atoms with Crippen LogP contribution in [-0.4, -0.2) is 13.1 Å². The SMILES string of the molecule is Nc1cc(F)c(C2=CCNCC2)c(Cl)c1. The summed E-state index contributed by atoms with van der Waals surface area (Å²) in [6, 6.07) is 2.90. The van der Waals surface area contributed by atoms with Gasteiger partial charge in [0.15, 0.2) is 0 Å². The second kappa shape index (κ2) is 4.21. The molecule has 0 bridgehead atoms. The van der Waals surface area contributed by atoms with Crippen LogP contribution < -0.4 is 11.1 Å². The second-order valence-electron chi connectivity index (χ2n) is 3.54. The lowest BCUT2D eigenvalue weighted by molar-refractivity contribution is 0.622. The maximum absolute atomic E-state index is 13.7. The lowest BCUT2D eigenvalue weighted by Gasteiger charge is -2.16. The third kappa shape index (κ3) is 2.13. The summed E-state index contributed by atoms with van der Waals surface area (Å²) in [6.45, 7) is 1.61. The van der Waals surface area contributed by atoms with E-state index in [1.807, 2.05) is 6.08 Å². The van der Waals surface area contributed by atoms with Crippen molar-refractivity contribution in [3.63, 3.8) is 0 Å². The molecular weight excluding hydrogens is 215 g/mol. The number of nitrogens with two attached hydrogens (primary N) is 1. The summed E-state index contributed by atoms with van der Waals surface area (Å²) in [5, 5.41) is 3.56. The molecule has 0 saturated heterocycles. The van der Waals surface area contributed by atoms with E-state index in [1.165, 1.54) is 6.07 Å². The van der Waals surface area contributed by atoms with Gasteiger partial charge < -0.3 is 11.1 Å². The third-order valence-corrected chi connectivity index (χ3v) is 2.75. The van der Waals surface area contributed by atoms with E-state index in [0.29, 0.717) is 16.3 Å². The number of nitrogen functional groups attached to an aromatic ring is 1. The standard InChI is InChI=1S/C11H12ClFN2/c12-9-5-8(14)6-10(13)11(9)7-1-3-15-4-2-7/h1,5-6,15H,2-4,14H2. The van der Waals surface area contributed by atoms with Crippen molar-refractivity contribution in [2.24, 2.45) is 0 Å². The predicted octanol–water partition coefficient (Wildman–Crippen LogP) is 2.44. The fourth-order valence-electron chi connectivity index (χ4n) is 1.75. The van der Waals surface area contributed by atoms with Crippen molar-refractivity contribution in [3.8, 4) is 0 Å². The van der Waals surface area contributed by atoms with E-state index in [-0.39, 0.29) is 5.82 Å². The van der Waals surface area contributed by atoms with Crippen LogP contribution in [0.5, 0.6) is 0 Å². The first-order valence-corrected chi connectivity index (χ1v) is 5.21. The van der Waals surface area contributed by atoms with Gasteiger partial charge in [-0.1, -0.05) is 17.7 Å². The zero-order valence-electron chi connectivity index (χ0n) is 8.19. The topological polar surface area (TPSA) is 38.0 Å². The molecule has 1 aliphatic heterocycles. The number of hydrogen-bond acceptors (Lipinski definition) is 2. The minimum atomic E-state index is -0.340. The molecule has 0 aromatic heterocycles. The van der Waals surface area contributed by atoms with Crippen molar-refractivity contribution in [2.75, 3.05) is 18.8 Å². The summed E-state index contributed by atoms with van der Waals surface area (Å²) in [4.78, 5) is 0. The van der Waals surface area contributed by atoms with Gasteiger partial charge in [-0.05, 0) is 30.7 Å². The Morgan fingerprint density at radius 1 is 1.40 bits per heavy atom. The molecule has 0 spiro atoms. The minimum absolute atomic E-state index is 0.340. The van der Waals surface area contributed by atoms with Gasteiger partial charge >= 0.3 is 0 Å². The Morgan fingerprint density at radius 2 is 2.20 bits per heavy atom. The van der Waals surface area contributed by atoms with Crippen LogP contribution in [0.3, 0.4) is 0 Å². The quantitative estimate of drug-likeness (QED) is 0.722. The Kier molecular flexibility index (Phi) is 2.93. The fraction of sp³-hybridized carbons (Fsp3) is 0.273. The summed E-state index contributed by atoms with van der Waals surface area (Å²) >= 11 is 5.99. The van der Waals surface area contributed by atoms with Gasteiger partial charge in [0.2, 0.25) is 0 Å². The summed E-state index contributed by atoms with van der Waals surface area (Å²) in [5.74, 6) is -0.340. The molecule has 0 aliphatic carbocycles. The minimum Gasteiger partial charge on any atom is -0.399 e. The van der Waals surface area contributed by atoms with Crippen LogP contribution >= 0.6 is 11.6 Å². The molecule has 1 aromatic rings. The molecule has 3 N–H and O–H groups in total. The summed E-state index contributed by atoms with van der Waals surface area (Å²) in [7, 11) is 0. The summed E-state index contributed by atoms with van der Waals surface area (Å²) in [5.41, 5.74) is 7.31. The van der Waals surface area contributed by atoms with Crippen molar-refractivity contribution < 1.29 is 4.39 Å². The van der Waals surface area contributed by atoms with Gasteiger partial charge in [0, 0.05) is 17.8 Å². The Labute approximate surface area is 92.9 Å². The molecule has 0 fully saturated rings. The van der Waals surface area contributed by atoms with Crippen LogP contribution in [0.2, 0.25) is 5.02 Å². The molecule has 0 radical (unpaired) electrons. The molecule has 1 aromatic carbocycles. The highest BCUT2D eigenvalue weighted by atomic mass is 35.5. The van der Waals surface area contributed by atoms with Gasteiger partial charge in [0.1, 0.15) is 5.82 Å². The molecule has 15 heavy (non-hydrogen) atoms. The highest BCUT2D eigenvalue weighted by Gasteiger charge is 2.14. The van der Waals surface area contributed by atoms with E-state index in [9.17, 15) is 4.39 Å². The normalized spacial score (nSPS) is 16.3. The van der Waals surface area contributed by atoms with Crippen molar-refractivity contribution in [1.29, 1.82) is 0 Å². The van der Waals surface area contributed by atoms with Crippen LogP contribution in [-0.2, 0) is 0 Å². The van der Waals surface area contributed by atoms with Gasteiger partial charge in [-0.15, -0.1) is 0 Å². The van der Waals surface area contributed by atoms with E-state index >= 15 is 0 Å². The third-order valence-electron chi connectivity index (χ3n) is 2.45. The average molecular weight is 227 g/mol. The number of hydrogen-bond donors (Lipinski definition) is 2. The first-order valence-electron chi connectivity index (χ1n) is 4.83. The summed E-state index contributed by atoms with van der Waals surface area (Å²) < 4.78 is 13.7. The monoisotopic (exact) mass is 226 g/mol. The molecule has 2 nitrogen and oxygen atoms in total. The van der Waals surface area contributed by atoms with Crippen LogP contribution in [0.25, 0.3) is 5.57 Å². The van der Waals surface area contributed by atoms with Gasteiger partial charge in [0.25, 0.3) is 0 Å². The van der Waals surface area contributed by atoms with E-state index in [4.69, 9.17) is 17.3 Å². The van der Waals surface area contributed by atoms with Crippen molar-refractivity contribution in [1.82, 2.24) is 5.32 Å². The molecule has 80 valence electrons. The van der Waals surface area contributed by atoms with Gasteiger partial charge in [-0.3, -0.25) is 0 Å². The van der Waals surface area contributed by atoms with Crippen LogP contribution in [0.1, 0.15) is 12.0 Å². The van der Waals surface area contributed by atoms with Crippen LogP contribution in [0.4, 0.5) is 10.1 Å². The van der Waals surface area contributed by atoms with E-state index in [0.717, 1.165) is 25.1 Å². The predicted molar refractivity (Wildman–Crippen MR) is 61.3 cm³/mol. The summed E-state index contributed by atoms with van der Waals surface area (Å²) in [6.07, 6.45) is 2.75. The molecule has 0 saturated carbocycles. The fourth-order valence-corrected chi connectivity index (χ4v) is 2.09. The maximum Gasteiger partial charge on any atom is 0.134 e. The highest BCUT2D eigenvalue weighted by Crippen LogP contribution is 2.31. The van der Waals surface area contributed by atoms with Gasteiger partial charge in [-0.25, -0.2) is 4.39 Å². The molecule has 2 rings (SSSR count). The van der Waals surface area contributed by atoms with Crippen molar-refractivity contribution >= 4 is 22.9 Å². The van der Waals surface area contributed by atoms with Crippen molar-refractivity contribution in [3.05, 3.63) is 34.6 Å². The lowest BCUT2D eigenvalue weighted by Crippen LogP contribution is -2.20. The lowest BCUT2D eigenvalue weighted by atomic mass is 9.99. The van der Waals surface area contributed by atoms with Crippen LogP contribution in [0, 0.1) is 5.82 Å². The Hall–Kier alpha value is -1.06. The average Bonchev–Trinajstić information content (AvgIpc) is 2.17. The van der Waals surface area contributed by atoms with Gasteiger partial charge in [-0.2, -0.15) is 0 Å². The van der Waals surface area contributed by atoms with E-state index in [1.54, 1.807) is 6.07 Å².